The Hall–Kier alpha value is -0.860. The Bertz CT molecular complexity index is 350. The summed E-state index contributed by atoms with van der Waals surface area (Å²) in [6, 6.07) is 8.61. The molecule has 2 nitrogen and oxygen atoms in total. The zero-order chi connectivity index (χ0) is 10.9. The molecule has 1 heterocycles. The molecule has 1 fully saturated rings. The molecule has 1 N–H and O–H groups in total. The third-order valence-electron chi connectivity index (χ3n) is 2.85. The van der Waals surface area contributed by atoms with Gasteiger partial charge in [0.1, 0.15) is 5.72 Å². The van der Waals surface area contributed by atoms with Gasteiger partial charge in [-0.05, 0) is 26.3 Å². The van der Waals surface area contributed by atoms with Gasteiger partial charge in [-0.15, -0.1) is 0 Å². The van der Waals surface area contributed by atoms with E-state index in [1.165, 1.54) is 11.1 Å². The van der Waals surface area contributed by atoms with Crippen LogP contribution in [0.3, 0.4) is 0 Å². The standard InChI is InChI=1S/C13H19NO/c1-10-5-4-6-12(7-10)8-13(3)14-9-11(2)15-13/h4-7,11,14H,8-9H2,1-3H3. The van der Waals surface area contributed by atoms with E-state index in [4.69, 9.17) is 4.74 Å². The maximum Gasteiger partial charge on any atom is 0.120 e. The molecular weight excluding hydrogens is 186 g/mol. The Morgan fingerprint density at radius 3 is 2.93 bits per heavy atom. The molecule has 82 valence electrons. The van der Waals surface area contributed by atoms with Crippen molar-refractivity contribution in [3.8, 4) is 0 Å². The molecule has 15 heavy (non-hydrogen) atoms. The van der Waals surface area contributed by atoms with E-state index in [2.05, 4.69) is 50.4 Å². The first kappa shape index (κ1) is 10.7. The maximum atomic E-state index is 5.88. The van der Waals surface area contributed by atoms with Crippen molar-refractivity contribution in [2.75, 3.05) is 6.54 Å². The van der Waals surface area contributed by atoms with Crippen LogP contribution in [0.1, 0.15) is 25.0 Å². The van der Waals surface area contributed by atoms with Crippen LogP contribution >= 0.6 is 0 Å². The quantitative estimate of drug-likeness (QED) is 0.799. The van der Waals surface area contributed by atoms with Crippen molar-refractivity contribution in [2.45, 2.75) is 39.0 Å². The van der Waals surface area contributed by atoms with Crippen LogP contribution in [0.4, 0.5) is 0 Å². The maximum absolute atomic E-state index is 5.88. The van der Waals surface area contributed by atoms with Crippen molar-refractivity contribution in [2.24, 2.45) is 0 Å². The molecule has 2 rings (SSSR count). The Labute approximate surface area is 91.6 Å². The van der Waals surface area contributed by atoms with E-state index in [1.54, 1.807) is 0 Å². The Morgan fingerprint density at radius 1 is 1.53 bits per heavy atom. The third kappa shape index (κ3) is 2.58. The number of hydrogen-bond acceptors (Lipinski definition) is 2. The van der Waals surface area contributed by atoms with Crippen molar-refractivity contribution in [1.29, 1.82) is 0 Å². The lowest BCUT2D eigenvalue weighted by molar-refractivity contribution is -0.0292. The predicted molar refractivity (Wildman–Crippen MR) is 61.8 cm³/mol. The van der Waals surface area contributed by atoms with E-state index in [0.29, 0.717) is 6.10 Å². The highest BCUT2D eigenvalue weighted by Gasteiger charge is 2.33. The van der Waals surface area contributed by atoms with Crippen molar-refractivity contribution >= 4 is 0 Å². The van der Waals surface area contributed by atoms with Gasteiger partial charge < -0.3 is 4.74 Å². The molecule has 2 atom stereocenters. The van der Waals surface area contributed by atoms with Crippen LogP contribution in [0, 0.1) is 6.92 Å². The van der Waals surface area contributed by atoms with Crippen molar-refractivity contribution in [3.63, 3.8) is 0 Å². The van der Waals surface area contributed by atoms with Gasteiger partial charge in [0, 0.05) is 13.0 Å². The number of ether oxygens (including phenoxy) is 1. The summed E-state index contributed by atoms with van der Waals surface area (Å²) >= 11 is 0. The largest absolute Gasteiger partial charge is 0.356 e. The minimum atomic E-state index is -0.187. The second-order valence-electron chi connectivity index (χ2n) is 4.71. The van der Waals surface area contributed by atoms with E-state index in [9.17, 15) is 0 Å². The van der Waals surface area contributed by atoms with Gasteiger partial charge in [-0.3, -0.25) is 5.32 Å². The van der Waals surface area contributed by atoms with Gasteiger partial charge in [0.05, 0.1) is 6.10 Å². The second-order valence-corrected chi connectivity index (χ2v) is 4.71. The van der Waals surface area contributed by atoms with Gasteiger partial charge in [-0.2, -0.15) is 0 Å². The van der Waals surface area contributed by atoms with Gasteiger partial charge >= 0.3 is 0 Å². The van der Waals surface area contributed by atoms with Crippen LogP contribution in [-0.4, -0.2) is 18.4 Å². The summed E-state index contributed by atoms with van der Waals surface area (Å²) in [4.78, 5) is 0. The average molecular weight is 205 g/mol. The van der Waals surface area contributed by atoms with E-state index in [1.807, 2.05) is 0 Å². The molecule has 0 radical (unpaired) electrons. The molecular formula is C13H19NO. The first-order valence-electron chi connectivity index (χ1n) is 5.56. The van der Waals surface area contributed by atoms with Crippen LogP contribution in [0.2, 0.25) is 0 Å². The summed E-state index contributed by atoms with van der Waals surface area (Å²) in [5.74, 6) is 0. The van der Waals surface area contributed by atoms with Crippen LogP contribution in [0.15, 0.2) is 24.3 Å². The number of hydrogen-bond donors (Lipinski definition) is 1. The molecule has 1 aromatic carbocycles. The van der Waals surface area contributed by atoms with Crippen LogP contribution < -0.4 is 5.32 Å². The van der Waals surface area contributed by atoms with Crippen LogP contribution in [-0.2, 0) is 11.2 Å². The monoisotopic (exact) mass is 205 g/mol. The van der Waals surface area contributed by atoms with E-state index >= 15 is 0 Å². The number of rotatable bonds is 2. The topological polar surface area (TPSA) is 21.3 Å². The zero-order valence-electron chi connectivity index (χ0n) is 9.71. The van der Waals surface area contributed by atoms with Gasteiger partial charge in [0.15, 0.2) is 0 Å². The van der Waals surface area contributed by atoms with Crippen LogP contribution in [0.25, 0.3) is 0 Å². The van der Waals surface area contributed by atoms with E-state index < -0.39 is 0 Å². The molecule has 1 aromatic rings. The Balaban J connectivity index is 2.08. The lowest BCUT2D eigenvalue weighted by Crippen LogP contribution is -2.39. The van der Waals surface area contributed by atoms with Gasteiger partial charge in [0.25, 0.3) is 0 Å². The van der Waals surface area contributed by atoms with Crippen molar-refractivity contribution in [3.05, 3.63) is 35.4 Å². The normalized spacial score (nSPS) is 30.7. The number of benzene rings is 1. The second kappa shape index (κ2) is 3.95. The van der Waals surface area contributed by atoms with E-state index in [-0.39, 0.29) is 5.72 Å². The fourth-order valence-electron chi connectivity index (χ4n) is 2.20. The minimum absolute atomic E-state index is 0.187. The van der Waals surface area contributed by atoms with Gasteiger partial charge in [-0.1, -0.05) is 29.8 Å². The summed E-state index contributed by atoms with van der Waals surface area (Å²) in [7, 11) is 0. The highest BCUT2D eigenvalue weighted by molar-refractivity contribution is 5.23. The molecule has 0 amide bonds. The average Bonchev–Trinajstić information content (AvgIpc) is 2.45. The smallest absolute Gasteiger partial charge is 0.120 e. The SMILES string of the molecule is Cc1cccc(CC2(C)NCC(C)O2)c1. The molecule has 0 bridgehead atoms. The first-order chi connectivity index (χ1) is 7.07. The molecule has 2 unspecified atom stereocenters. The molecule has 0 saturated carbocycles. The lowest BCUT2D eigenvalue weighted by atomic mass is 10.0. The highest BCUT2D eigenvalue weighted by Crippen LogP contribution is 2.21. The first-order valence-corrected chi connectivity index (χ1v) is 5.56. The third-order valence-corrected chi connectivity index (χ3v) is 2.85. The van der Waals surface area contributed by atoms with Crippen LogP contribution in [0.5, 0.6) is 0 Å². The Kier molecular flexibility index (Phi) is 2.81. The summed E-state index contributed by atoms with van der Waals surface area (Å²) < 4.78 is 5.88. The summed E-state index contributed by atoms with van der Waals surface area (Å²) in [6.07, 6.45) is 1.25. The van der Waals surface area contributed by atoms with E-state index in [0.717, 1.165) is 13.0 Å². The molecule has 1 saturated heterocycles. The summed E-state index contributed by atoms with van der Waals surface area (Å²) in [5.41, 5.74) is 2.45. The number of nitrogens with one attached hydrogen (secondary N) is 1. The molecule has 1 aliphatic heterocycles. The molecule has 2 heteroatoms. The van der Waals surface area contributed by atoms with Crippen molar-refractivity contribution < 1.29 is 4.74 Å². The van der Waals surface area contributed by atoms with Crippen molar-refractivity contribution in [1.82, 2.24) is 5.32 Å². The Morgan fingerprint density at radius 2 is 2.33 bits per heavy atom. The highest BCUT2D eigenvalue weighted by atomic mass is 16.5. The fourth-order valence-corrected chi connectivity index (χ4v) is 2.20. The molecule has 1 aliphatic rings. The minimum Gasteiger partial charge on any atom is -0.356 e. The zero-order valence-corrected chi connectivity index (χ0v) is 9.71. The molecule has 0 aliphatic carbocycles. The number of aryl methyl sites for hydroxylation is 1. The predicted octanol–water partition coefficient (Wildman–Crippen LogP) is 2.26. The summed E-state index contributed by atoms with van der Waals surface area (Å²) in [5, 5.41) is 3.43. The van der Waals surface area contributed by atoms with Gasteiger partial charge in [-0.25, -0.2) is 0 Å². The molecule has 0 spiro atoms. The van der Waals surface area contributed by atoms with Gasteiger partial charge in [0.2, 0.25) is 0 Å². The molecule has 0 aromatic heterocycles. The summed E-state index contributed by atoms with van der Waals surface area (Å²) in [6.45, 7) is 7.30. The lowest BCUT2D eigenvalue weighted by Gasteiger charge is -2.24. The fraction of sp³-hybridized carbons (Fsp3) is 0.538.